The van der Waals surface area contributed by atoms with Crippen molar-refractivity contribution in [3.05, 3.63) is 83.7 Å². The van der Waals surface area contributed by atoms with Crippen LogP contribution in [0.5, 0.6) is 5.75 Å². The van der Waals surface area contributed by atoms with E-state index in [1.54, 1.807) is 10.9 Å². The van der Waals surface area contributed by atoms with Gasteiger partial charge in [0.2, 0.25) is 5.91 Å². The number of para-hydroxylation sites is 1. The fourth-order valence-corrected chi connectivity index (χ4v) is 2.82. The molecule has 3 rings (SSSR count). The Hall–Kier alpha value is -3.75. The molecule has 0 aliphatic heterocycles. The van der Waals surface area contributed by atoms with Crippen LogP contribution in [0.15, 0.2) is 67.0 Å². The van der Waals surface area contributed by atoms with Crippen LogP contribution in [-0.2, 0) is 17.9 Å². The van der Waals surface area contributed by atoms with E-state index in [-0.39, 0.29) is 24.4 Å². The number of ether oxygens (including phenoxy) is 1. The number of nitrogens with zero attached hydrogens (tertiary/aromatic N) is 2. The zero-order chi connectivity index (χ0) is 21.3. The molecular formula is C21H20F2N4O3. The predicted octanol–water partition coefficient (Wildman–Crippen LogP) is 2.58. The molecule has 2 N–H and O–H groups in total. The molecule has 30 heavy (non-hydrogen) atoms. The van der Waals surface area contributed by atoms with E-state index in [2.05, 4.69) is 20.5 Å². The van der Waals surface area contributed by atoms with Gasteiger partial charge in [0.25, 0.3) is 5.91 Å². The van der Waals surface area contributed by atoms with E-state index in [1.807, 2.05) is 36.5 Å². The van der Waals surface area contributed by atoms with Crippen LogP contribution in [0.25, 0.3) is 0 Å². The van der Waals surface area contributed by atoms with Crippen molar-refractivity contribution in [2.75, 3.05) is 6.54 Å². The van der Waals surface area contributed by atoms with Gasteiger partial charge >= 0.3 is 6.61 Å². The van der Waals surface area contributed by atoms with Crippen molar-refractivity contribution in [1.82, 2.24) is 20.4 Å². The quantitative estimate of drug-likeness (QED) is 0.564. The van der Waals surface area contributed by atoms with Gasteiger partial charge in [0.1, 0.15) is 5.75 Å². The van der Waals surface area contributed by atoms with Crippen LogP contribution in [-0.4, -0.2) is 34.8 Å². The number of carbonyl (C=O) groups excluding carboxylic acids is 2. The number of carbonyl (C=O) groups is 2. The first-order chi connectivity index (χ1) is 14.5. The first kappa shape index (κ1) is 21.0. The molecule has 3 aromatic rings. The SMILES string of the molecule is O=C(CNC(=O)c1ccccc1OC(F)F)NCc1ccccc1Cn1cccn1. The van der Waals surface area contributed by atoms with Crippen LogP contribution in [0.2, 0.25) is 0 Å². The van der Waals surface area contributed by atoms with Gasteiger partial charge in [-0.25, -0.2) is 0 Å². The Bertz CT molecular complexity index is 993. The lowest BCUT2D eigenvalue weighted by molar-refractivity contribution is -0.120. The van der Waals surface area contributed by atoms with Crippen molar-refractivity contribution in [1.29, 1.82) is 0 Å². The van der Waals surface area contributed by atoms with Gasteiger partial charge in [-0.15, -0.1) is 0 Å². The summed E-state index contributed by atoms with van der Waals surface area (Å²) in [5, 5.41) is 9.32. The molecule has 9 heteroatoms. The molecule has 0 aliphatic rings. The van der Waals surface area contributed by atoms with Crippen molar-refractivity contribution >= 4 is 11.8 Å². The van der Waals surface area contributed by atoms with Crippen molar-refractivity contribution < 1.29 is 23.1 Å². The highest BCUT2D eigenvalue weighted by molar-refractivity contribution is 5.98. The molecule has 0 unspecified atom stereocenters. The Kier molecular flexibility index (Phi) is 7.09. The molecule has 0 spiro atoms. The number of hydrogen-bond acceptors (Lipinski definition) is 4. The van der Waals surface area contributed by atoms with Crippen molar-refractivity contribution in [3.8, 4) is 5.75 Å². The van der Waals surface area contributed by atoms with Gasteiger partial charge in [0.05, 0.1) is 18.7 Å². The van der Waals surface area contributed by atoms with Gasteiger partial charge < -0.3 is 15.4 Å². The average Bonchev–Trinajstić information content (AvgIpc) is 3.24. The molecule has 7 nitrogen and oxygen atoms in total. The van der Waals surface area contributed by atoms with Crippen LogP contribution >= 0.6 is 0 Å². The number of halogens is 2. The fourth-order valence-electron chi connectivity index (χ4n) is 2.82. The number of nitrogens with one attached hydrogen (secondary N) is 2. The van der Waals surface area contributed by atoms with Gasteiger partial charge in [-0.2, -0.15) is 13.9 Å². The third-order valence-corrected chi connectivity index (χ3v) is 4.24. The van der Waals surface area contributed by atoms with Crippen LogP contribution in [0.1, 0.15) is 21.5 Å². The Labute approximate surface area is 171 Å². The first-order valence-electron chi connectivity index (χ1n) is 9.16. The van der Waals surface area contributed by atoms with Crippen LogP contribution in [0, 0.1) is 0 Å². The van der Waals surface area contributed by atoms with E-state index < -0.39 is 18.4 Å². The van der Waals surface area contributed by atoms with Gasteiger partial charge in [0.15, 0.2) is 0 Å². The summed E-state index contributed by atoms with van der Waals surface area (Å²) in [5.74, 6) is -1.34. The molecule has 2 amide bonds. The highest BCUT2D eigenvalue weighted by Gasteiger charge is 2.16. The van der Waals surface area contributed by atoms with Crippen LogP contribution in [0.3, 0.4) is 0 Å². The van der Waals surface area contributed by atoms with Gasteiger partial charge in [-0.3, -0.25) is 14.3 Å². The summed E-state index contributed by atoms with van der Waals surface area (Å²) in [5.41, 5.74) is 1.85. The Morgan fingerprint density at radius 1 is 1.00 bits per heavy atom. The smallest absolute Gasteiger partial charge is 0.387 e. The summed E-state index contributed by atoms with van der Waals surface area (Å²) in [6.07, 6.45) is 3.54. The number of benzene rings is 2. The number of rotatable bonds is 9. The summed E-state index contributed by atoms with van der Waals surface area (Å²) in [7, 11) is 0. The third-order valence-electron chi connectivity index (χ3n) is 4.24. The predicted molar refractivity (Wildman–Crippen MR) is 105 cm³/mol. The topological polar surface area (TPSA) is 85.3 Å². The first-order valence-corrected chi connectivity index (χ1v) is 9.16. The van der Waals surface area contributed by atoms with Crippen LogP contribution < -0.4 is 15.4 Å². The molecule has 2 aromatic carbocycles. The third kappa shape index (κ3) is 5.87. The van der Waals surface area contributed by atoms with Gasteiger partial charge in [-0.1, -0.05) is 36.4 Å². The molecule has 1 aromatic heterocycles. The van der Waals surface area contributed by atoms with E-state index >= 15 is 0 Å². The summed E-state index contributed by atoms with van der Waals surface area (Å²) in [4.78, 5) is 24.4. The highest BCUT2D eigenvalue weighted by atomic mass is 19.3. The van der Waals surface area contributed by atoms with E-state index in [0.29, 0.717) is 6.54 Å². The maximum atomic E-state index is 12.5. The minimum Gasteiger partial charge on any atom is -0.434 e. The van der Waals surface area contributed by atoms with E-state index in [4.69, 9.17) is 0 Å². The second-order valence-electron chi connectivity index (χ2n) is 6.31. The maximum Gasteiger partial charge on any atom is 0.387 e. The lowest BCUT2D eigenvalue weighted by atomic mass is 10.1. The summed E-state index contributed by atoms with van der Waals surface area (Å²) in [6, 6.07) is 15.1. The molecule has 0 aliphatic carbocycles. The van der Waals surface area contributed by atoms with Gasteiger partial charge in [0, 0.05) is 18.9 Å². The molecule has 0 saturated heterocycles. The number of amides is 2. The second-order valence-corrected chi connectivity index (χ2v) is 6.31. The Morgan fingerprint density at radius 2 is 1.73 bits per heavy atom. The molecule has 1 heterocycles. The summed E-state index contributed by atoms with van der Waals surface area (Å²) in [6.45, 7) is -2.51. The van der Waals surface area contributed by atoms with Gasteiger partial charge in [-0.05, 0) is 29.3 Å². The zero-order valence-corrected chi connectivity index (χ0v) is 15.9. The second kappa shape index (κ2) is 10.1. The summed E-state index contributed by atoms with van der Waals surface area (Å²) >= 11 is 0. The molecule has 0 atom stereocenters. The molecule has 0 fully saturated rings. The lowest BCUT2D eigenvalue weighted by Crippen LogP contribution is -2.37. The zero-order valence-electron chi connectivity index (χ0n) is 15.9. The largest absolute Gasteiger partial charge is 0.434 e. The monoisotopic (exact) mass is 414 g/mol. The maximum absolute atomic E-state index is 12.5. The normalized spacial score (nSPS) is 10.6. The van der Waals surface area contributed by atoms with Crippen molar-refractivity contribution in [3.63, 3.8) is 0 Å². The van der Waals surface area contributed by atoms with Crippen molar-refractivity contribution in [2.45, 2.75) is 19.7 Å². The molecular weight excluding hydrogens is 394 g/mol. The molecule has 156 valence electrons. The van der Waals surface area contributed by atoms with E-state index in [0.717, 1.165) is 11.1 Å². The molecule has 0 saturated carbocycles. The van der Waals surface area contributed by atoms with Crippen molar-refractivity contribution in [2.24, 2.45) is 0 Å². The standard InChI is InChI=1S/C21H20F2N4O3/c22-21(23)30-18-9-4-3-8-17(18)20(29)25-13-19(28)24-12-15-6-1-2-7-16(15)14-27-11-5-10-26-27/h1-11,21H,12-14H2,(H,24,28)(H,25,29). The number of aromatic nitrogens is 2. The molecule has 0 bridgehead atoms. The minimum absolute atomic E-state index is 0.0739. The number of alkyl halides is 2. The average molecular weight is 414 g/mol. The van der Waals surface area contributed by atoms with E-state index in [1.165, 1.54) is 24.3 Å². The highest BCUT2D eigenvalue weighted by Crippen LogP contribution is 2.20. The van der Waals surface area contributed by atoms with E-state index in [9.17, 15) is 18.4 Å². The van der Waals surface area contributed by atoms with Crippen LogP contribution in [0.4, 0.5) is 8.78 Å². The minimum atomic E-state index is -3.05. The lowest BCUT2D eigenvalue weighted by Gasteiger charge is -2.12. The Balaban J connectivity index is 1.53. The number of hydrogen-bond donors (Lipinski definition) is 2. The Morgan fingerprint density at radius 3 is 2.47 bits per heavy atom. The fraction of sp³-hybridized carbons (Fsp3) is 0.190. The summed E-state index contributed by atoms with van der Waals surface area (Å²) < 4.78 is 31.0. The molecule has 0 radical (unpaired) electrons.